The number of hydrogen-bond acceptors (Lipinski definition) is 7. The van der Waals surface area contributed by atoms with Gasteiger partial charge in [-0.05, 0) is 30.7 Å². The van der Waals surface area contributed by atoms with Gasteiger partial charge in [-0.25, -0.2) is 9.67 Å². The monoisotopic (exact) mass is 426 g/mol. The molecule has 0 saturated heterocycles. The predicted molar refractivity (Wildman–Crippen MR) is 117 cm³/mol. The Morgan fingerprint density at radius 1 is 1.12 bits per heavy atom. The summed E-state index contributed by atoms with van der Waals surface area (Å²) in [6, 6.07) is 7.71. The Hall–Kier alpha value is -4.34. The van der Waals surface area contributed by atoms with Crippen LogP contribution in [0.15, 0.2) is 52.1 Å². The lowest BCUT2D eigenvalue weighted by molar-refractivity contribution is 0.543. The molecule has 6 heterocycles. The molecule has 0 aromatic carbocycles. The fourth-order valence-corrected chi connectivity index (χ4v) is 4.08. The first-order valence-corrected chi connectivity index (χ1v) is 10.1. The van der Waals surface area contributed by atoms with Crippen molar-refractivity contribution in [2.24, 2.45) is 7.05 Å². The molecule has 0 aliphatic rings. The van der Waals surface area contributed by atoms with Crippen molar-refractivity contribution in [2.75, 3.05) is 0 Å². The number of rotatable bonds is 4. The van der Waals surface area contributed by atoms with Crippen LogP contribution in [0.3, 0.4) is 0 Å². The first kappa shape index (κ1) is 18.4. The standard InChI is InChI=1S/C22H18N8O2/c1-12-4-3-5-14(26-12)8-17-27-21-19(32-17)16-10-25-30(22(31)18(16)29(21)2)11-13-6-7-23-20-15(13)9-24-28-20/h3-7,9-10H,8,11H2,1-2H3,(H,23,24,28). The van der Waals surface area contributed by atoms with Crippen LogP contribution in [0.25, 0.3) is 33.2 Å². The number of oxazole rings is 1. The van der Waals surface area contributed by atoms with E-state index in [0.717, 1.165) is 22.3 Å². The zero-order valence-corrected chi connectivity index (χ0v) is 17.4. The molecule has 6 aromatic heterocycles. The molecule has 10 heteroatoms. The predicted octanol–water partition coefficient (Wildman–Crippen LogP) is 2.49. The molecular formula is C22H18N8O2. The van der Waals surface area contributed by atoms with Crippen molar-refractivity contribution < 1.29 is 4.42 Å². The van der Waals surface area contributed by atoms with E-state index in [9.17, 15) is 4.79 Å². The van der Waals surface area contributed by atoms with E-state index >= 15 is 0 Å². The van der Waals surface area contributed by atoms with Crippen LogP contribution < -0.4 is 5.56 Å². The molecule has 0 amide bonds. The average Bonchev–Trinajstić information content (AvgIpc) is 3.47. The Morgan fingerprint density at radius 3 is 2.91 bits per heavy atom. The molecule has 0 aliphatic heterocycles. The molecule has 0 bridgehead atoms. The number of fused-ring (bicyclic) bond motifs is 4. The normalized spacial score (nSPS) is 11.8. The molecule has 6 rings (SSSR count). The summed E-state index contributed by atoms with van der Waals surface area (Å²) in [5.41, 5.74) is 4.85. The van der Waals surface area contributed by atoms with Gasteiger partial charge in [-0.15, -0.1) is 0 Å². The zero-order chi connectivity index (χ0) is 21.8. The van der Waals surface area contributed by atoms with Gasteiger partial charge >= 0.3 is 0 Å². The van der Waals surface area contributed by atoms with Crippen molar-refractivity contribution in [1.82, 2.24) is 39.5 Å². The van der Waals surface area contributed by atoms with Crippen LogP contribution in [0.2, 0.25) is 0 Å². The van der Waals surface area contributed by atoms with E-state index < -0.39 is 0 Å². The summed E-state index contributed by atoms with van der Waals surface area (Å²) in [7, 11) is 1.81. The van der Waals surface area contributed by atoms with Crippen LogP contribution >= 0.6 is 0 Å². The van der Waals surface area contributed by atoms with Gasteiger partial charge in [0.25, 0.3) is 5.56 Å². The minimum absolute atomic E-state index is 0.214. The second-order valence-electron chi connectivity index (χ2n) is 7.74. The average molecular weight is 426 g/mol. The zero-order valence-electron chi connectivity index (χ0n) is 17.4. The molecule has 0 unspecified atom stereocenters. The first-order valence-electron chi connectivity index (χ1n) is 10.1. The Morgan fingerprint density at radius 2 is 2.03 bits per heavy atom. The van der Waals surface area contributed by atoms with Crippen molar-refractivity contribution >= 4 is 33.2 Å². The molecule has 0 saturated carbocycles. The molecule has 0 atom stereocenters. The molecule has 32 heavy (non-hydrogen) atoms. The van der Waals surface area contributed by atoms with E-state index in [1.54, 1.807) is 23.2 Å². The van der Waals surface area contributed by atoms with Gasteiger partial charge in [0.05, 0.1) is 30.7 Å². The van der Waals surface area contributed by atoms with Crippen molar-refractivity contribution in [3.05, 3.63) is 76.1 Å². The van der Waals surface area contributed by atoms with Crippen molar-refractivity contribution in [1.29, 1.82) is 0 Å². The van der Waals surface area contributed by atoms with E-state index in [0.29, 0.717) is 46.6 Å². The van der Waals surface area contributed by atoms with Gasteiger partial charge in [-0.1, -0.05) is 6.07 Å². The lowest BCUT2D eigenvalue weighted by atomic mass is 10.2. The second kappa shape index (κ2) is 6.84. The molecule has 0 spiro atoms. The second-order valence-corrected chi connectivity index (χ2v) is 7.74. The minimum Gasteiger partial charge on any atom is -0.438 e. The highest BCUT2D eigenvalue weighted by Gasteiger charge is 2.20. The third-order valence-electron chi connectivity index (χ3n) is 5.61. The Kier molecular flexibility index (Phi) is 3.94. The van der Waals surface area contributed by atoms with Crippen molar-refractivity contribution in [3.63, 3.8) is 0 Å². The van der Waals surface area contributed by atoms with E-state index in [1.165, 1.54) is 4.68 Å². The summed E-state index contributed by atoms with van der Waals surface area (Å²) in [5.74, 6) is 0.550. The highest BCUT2D eigenvalue weighted by atomic mass is 16.3. The Labute approximate surface area is 180 Å². The summed E-state index contributed by atoms with van der Waals surface area (Å²) >= 11 is 0. The van der Waals surface area contributed by atoms with Crippen LogP contribution in [0, 0.1) is 6.92 Å². The van der Waals surface area contributed by atoms with Crippen LogP contribution in [-0.2, 0) is 20.0 Å². The largest absolute Gasteiger partial charge is 0.438 e. The number of aromatic nitrogens is 8. The molecule has 0 fully saturated rings. The lowest BCUT2D eigenvalue weighted by Gasteiger charge is -2.06. The molecule has 158 valence electrons. The van der Waals surface area contributed by atoms with Gasteiger partial charge in [0.15, 0.2) is 16.9 Å². The number of nitrogens with one attached hydrogen (secondary N) is 1. The highest BCUT2D eigenvalue weighted by molar-refractivity contribution is 6.02. The summed E-state index contributed by atoms with van der Waals surface area (Å²) in [6.45, 7) is 2.25. The summed E-state index contributed by atoms with van der Waals surface area (Å²) in [6.07, 6.45) is 5.52. The topological polar surface area (TPSA) is 120 Å². The van der Waals surface area contributed by atoms with Gasteiger partial charge < -0.3 is 8.98 Å². The Bertz CT molecular complexity index is 1690. The quantitative estimate of drug-likeness (QED) is 0.460. The number of aryl methyl sites for hydroxylation is 2. The SMILES string of the molecule is Cc1cccc(Cc2nc3c(o2)c2cnn(Cc4ccnc5[nH]ncc45)c(=O)c2n3C)n1. The van der Waals surface area contributed by atoms with Gasteiger partial charge in [0, 0.05) is 30.0 Å². The van der Waals surface area contributed by atoms with E-state index in [4.69, 9.17) is 4.42 Å². The molecular weight excluding hydrogens is 408 g/mol. The number of H-pyrrole nitrogens is 1. The number of aromatic amines is 1. The van der Waals surface area contributed by atoms with Gasteiger partial charge in [0.1, 0.15) is 5.52 Å². The van der Waals surface area contributed by atoms with Gasteiger partial charge in [-0.2, -0.15) is 15.2 Å². The number of pyridine rings is 2. The fraction of sp³-hybridized carbons (Fsp3) is 0.182. The van der Waals surface area contributed by atoms with Crippen LogP contribution in [0.1, 0.15) is 22.8 Å². The van der Waals surface area contributed by atoms with E-state index in [-0.39, 0.29) is 5.56 Å². The maximum atomic E-state index is 13.3. The van der Waals surface area contributed by atoms with Gasteiger partial charge in [-0.3, -0.25) is 14.9 Å². The van der Waals surface area contributed by atoms with Crippen LogP contribution in [0.4, 0.5) is 0 Å². The minimum atomic E-state index is -0.214. The van der Waals surface area contributed by atoms with E-state index in [2.05, 4.69) is 30.2 Å². The maximum absolute atomic E-state index is 13.3. The summed E-state index contributed by atoms with van der Waals surface area (Å²) in [5, 5.41) is 12.8. The lowest BCUT2D eigenvalue weighted by Crippen LogP contribution is -2.24. The fourth-order valence-electron chi connectivity index (χ4n) is 4.08. The first-order chi connectivity index (χ1) is 15.6. The van der Waals surface area contributed by atoms with Crippen LogP contribution in [-0.4, -0.2) is 39.5 Å². The number of nitrogens with zero attached hydrogens (tertiary/aromatic N) is 7. The summed E-state index contributed by atoms with van der Waals surface area (Å²) in [4.78, 5) is 26.6. The van der Waals surface area contributed by atoms with Gasteiger partial charge in [0.2, 0.25) is 5.89 Å². The number of hydrogen-bond donors (Lipinski definition) is 1. The molecule has 0 aliphatic carbocycles. The molecule has 6 aromatic rings. The van der Waals surface area contributed by atoms with E-state index in [1.807, 2.05) is 38.2 Å². The highest BCUT2D eigenvalue weighted by Crippen LogP contribution is 2.27. The Balaban J connectivity index is 1.42. The third kappa shape index (κ3) is 2.80. The maximum Gasteiger partial charge on any atom is 0.291 e. The smallest absolute Gasteiger partial charge is 0.291 e. The van der Waals surface area contributed by atoms with Crippen molar-refractivity contribution in [2.45, 2.75) is 19.9 Å². The van der Waals surface area contributed by atoms with Crippen molar-refractivity contribution in [3.8, 4) is 0 Å². The third-order valence-corrected chi connectivity index (χ3v) is 5.61. The molecule has 10 nitrogen and oxygen atoms in total. The van der Waals surface area contributed by atoms with Crippen LogP contribution in [0.5, 0.6) is 0 Å². The molecule has 0 radical (unpaired) electrons. The molecule has 1 N–H and O–H groups in total. The summed E-state index contributed by atoms with van der Waals surface area (Å²) < 4.78 is 9.22.